The van der Waals surface area contributed by atoms with Gasteiger partial charge in [-0.25, -0.2) is 0 Å². The molecule has 1 aliphatic heterocycles. The second-order valence-corrected chi connectivity index (χ2v) is 1.79. The van der Waals surface area contributed by atoms with Gasteiger partial charge in [-0.05, 0) is 12.8 Å². The van der Waals surface area contributed by atoms with Gasteiger partial charge in [-0.15, -0.1) is 0 Å². The predicted octanol–water partition coefficient (Wildman–Crippen LogP) is -0.210. The van der Waals surface area contributed by atoms with Crippen molar-refractivity contribution in [2.75, 3.05) is 6.54 Å². The van der Waals surface area contributed by atoms with Crippen LogP contribution in [0.4, 0.5) is 0 Å². The zero-order chi connectivity index (χ0) is 5.28. The number of nitrogens with zero attached hydrogens (tertiary/aromatic N) is 1. The van der Waals surface area contributed by atoms with E-state index in [4.69, 9.17) is 10.3 Å². The van der Waals surface area contributed by atoms with Crippen LogP contribution in [0.5, 0.6) is 0 Å². The molecule has 1 aliphatic rings. The maximum atomic E-state index is 8.67. The first-order valence-electron chi connectivity index (χ1n) is 2.44. The molecule has 0 spiro atoms. The Morgan fingerprint density at radius 1 is 1.57 bits per heavy atom. The maximum Gasteiger partial charge on any atom is 0.129 e. The molecule has 3 nitrogen and oxygen atoms in total. The molecule has 42 valence electrons. The van der Waals surface area contributed by atoms with E-state index in [-0.39, 0.29) is 0 Å². The fourth-order valence-corrected chi connectivity index (χ4v) is 0.734. The van der Waals surface area contributed by atoms with Gasteiger partial charge in [0.15, 0.2) is 0 Å². The van der Waals surface area contributed by atoms with E-state index in [1.807, 2.05) is 0 Å². The number of aliphatic hydroxyl groups is 1. The van der Waals surface area contributed by atoms with E-state index in [0.29, 0.717) is 13.0 Å². The highest BCUT2D eigenvalue weighted by molar-refractivity contribution is 4.60. The standard InChI is InChI=1S/C4H9NO2/c6-4-2-1-3-5(4)7/h4,6-7H,1-3H2. The summed E-state index contributed by atoms with van der Waals surface area (Å²) in [6, 6.07) is 0. The van der Waals surface area contributed by atoms with Gasteiger partial charge < -0.3 is 10.3 Å². The molecule has 1 rings (SSSR count). The Morgan fingerprint density at radius 2 is 2.29 bits per heavy atom. The fourth-order valence-electron chi connectivity index (χ4n) is 0.734. The fraction of sp³-hybridized carbons (Fsp3) is 1.00. The van der Waals surface area contributed by atoms with Crippen molar-refractivity contribution in [1.82, 2.24) is 5.06 Å². The van der Waals surface area contributed by atoms with E-state index in [1.165, 1.54) is 0 Å². The van der Waals surface area contributed by atoms with Crippen molar-refractivity contribution in [3.05, 3.63) is 0 Å². The summed E-state index contributed by atoms with van der Waals surface area (Å²) in [6.07, 6.45) is 1.01. The first kappa shape index (κ1) is 5.03. The Kier molecular flexibility index (Phi) is 1.27. The molecule has 0 amide bonds. The smallest absolute Gasteiger partial charge is 0.129 e. The van der Waals surface area contributed by atoms with Crippen molar-refractivity contribution in [2.45, 2.75) is 19.1 Å². The summed E-state index contributed by atoms with van der Waals surface area (Å²) in [6.45, 7) is 0.612. The Hall–Kier alpha value is -0.120. The number of rotatable bonds is 0. The first-order valence-corrected chi connectivity index (χ1v) is 2.44. The SMILES string of the molecule is OC1CCCN1O. The first-order chi connectivity index (χ1) is 3.30. The summed E-state index contributed by atoms with van der Waals surface area (Å²) in [5.41, 5.74) is 0. The molecule has 0 saturated carbocycles. The predicted molar refractivity (Wildman–Crippen MR) is 23.7 cm³/mol. The summed E-state index contributed by atoms with van der Waals surface area (Å²) in [5, 5.41) is 18.2. The van der Waals surface area contributed by atoms with Gasteiger partial charge in [-0.1, -0.05) is 0 Å². The molecule has 0 bridgehead atoms. The molecule has 0 aliphatic carbocycles. The minimum atomic E-state index is -0.597. The number of hydrogen-bond donors (Lipinski definition) is 2. The van der Waals surface area contributed by atoms with Crippen molar-refractivity contribution >= 4 is 0 Å². The molecule has 1 heterocycles. The van der Waals surface area contributed by atoms with Crippen LogP contribution >= 0.6 is 0 Å². The zero-order valence-electron chi connectivity index (χ0n) is 4.04. The summed E-state index contributed by atoms with van der Waals surface area (Å²) in [5.74, 6) is 0. The van der Waals surface area contributed by atoms with E-state index in [1.54, 1.807) is 0 Å². The van der Waals surface area contributed by atoms with E-state index in [0.717, 1.165) is 11.5 Å². The normalized spacial score (nSPS) is 34.3. The molecule has 0 aromatic carbocycles. The minimum absolute atomic E-state index is 0.597. The number of hydrogen-bond acceptors (Lipinski definition) is 3. The van der Waals surface area contributed by atoms with Crippen LogP contribution < -0.4 is 0 Å². The third kappa shape index (κ3) is 0.907. The third-order valence-electron chi connectivity index (χ3n) is 1.19. The second kappa shape index (κ2) is 1.78. The molecule has 7 heavy (non-hydrogen) atoms. The highest BCUT2D eigenvalue weighted by atomic mass is 16.5. The number of hydroxylamine groups is 2. The summed E-state index contributed by atoms with van der Waals surface area (Å²) in [4.78, 5) is 0. The molecule has 2 N–H and O–H groups in total. The highest BCUT2D eigenvalue weighted by Gasteiger charge is 2.18. The van der Waals surface area contributed by atoms with E-state index in [2.05, 4.69) is 0 Å². The Labute approximate surface area is 42.1 Å². The van der Waals surface area contributed by atoms with Crippen molar-refractivity contribution < 1.29 is 10.3 Å². The molecule has 0 aromatic rings. The lowest BCUT2D eigenvalue weighted by atomic mass is 10.4. The minimum Gasteiger partial charge on any atom is -0.376 e. The maximum absolute atomic E-state index is 8.67. The molecular formula is C4H9NO2. The summed E-state index contributed by atoms with van der Waals surface area (Å²) in [7, 11) is 0. The zero-order valence-corrected chi connectivity index (χ0v) is 4.04. The van der Waals surface area contributed by atoms with Crippen LogP contribution in [-0.4, -0.2) is 28.1 Å². The van der Waals surface area contributed by atoms with Crippen LogP contribution in [0.2, 0.25) is 0 Å². The van der Waals surface area contributed by atoms with Crippen LogP contribution in [0.3, 0.4) is 0 Å². The van der Waals surface area contributed by atoms with E-state index in [9.17, 15) is 0 Å². The topological polar surface area (TPSA) is 43.7 Å². The average molecular weight is 103 g/mol. The van der Waals surface area contributed by atoms with Gasteiger partial charge in [0.1, 0.15) is 6.23 Å². The van der Waals surface area contributed by atoms with Gasteiger partial charge >= 0.3 is 0 Å². The van der Waals surface area contributed by atoms with Gasteiger partial charge in [0, 0.05) is 6.54 Å². The van der Waals surface area contributed by atoms with Crippen molar-refractivity contribution in [2.24, 2.45) is 0 Å². The second-order valence-electron chi connectivity index (χ2n) is 1.79. The molecule has 1 fully saturated rings. The monoisotopic (exact) mass is 103 g/mol. The Bertz CT molecular complexity index is 58.7. The highest BCUT2D eigenvalue weighted by Crippen LogP contribution is 2.09. The van der Waals surface area contributed by atoms with Gasteiger partial charge in [0.25, 0.3) is 0 Å². The largest absolute Gasteiger partial charge is 0.376 e. The lowest BCUT2D eigenvalue weighted by molar-refractivity contribution is -0.170. The molecule has 1 unspecified atom stereocenters. The Balaban J connectivity index is 2.33. The summed E-state index contributed by atoms with van der Waals surface area (Å²) >= 11 is 0. The summed E-state index contributed by atoms with van der Waals surface area (Å²) < 4.78 is 0. The van der Waals surface area contributed by atoms with Gasteiger partial charge in [0.2, 0.25) is 0 Å². The molecule has 1 atom stereocenters. The van der Waals surface area contributed by atoms with Crippen LogP contribution in [0.25, 0.3) is 0 Å². The molecular weight excluding hydrogens is 94.0 g/mol. The average Bonchev–Trinajstić information content (AvgIpc) is 1.91. The van der Waals surface area contributed by atoms with E-state index < -0.39 is 6.23 Å². The van der Waals surface area contributed by atoms with Crippen LogP contribution in [0, 0.1) is 0 Å². The third-order valence-corrected chi connectivity index (χ3v) is 1.19. The van der Waals surface area contributed by atoms with Gasteiger partial charge in [-0.3, -0.25) is 0 Å². The van der Waals surface area contributed by atoms with Crippen LogP contribution in [0.1, 0.15) is 12.8 Å². The lowest BCUT2D eigenvalue weighted by Gasteiger charge is -2.08. The van der Waals surface area contributed by atoms with Crippen molar-refractivity contribution in [3.63, 3.8) is 0 Å². The van der Waals surface area contributed by atoms with Crippen molar-refractivity contribution in [3.8, 4) is 0 Å². The quantitative estimate of drug-likeness (QED) is 0.446. The van der Waals surface area contributed by atoms with Gasteiger partial charge in [-0.2, -0.15) is 5.06 Å². The van der Waals surface area contributed by atoms with E-state index >= 15 is 0 Å². The van der Waals surface area contributed by atoms with Crippen LogP contribution in [0.15, 0.2) is 0 Å². The molecule has 3 heteroatoms. The molecule has 0 aromatic heterocycles. The lowest BCUT2D eigenvalue weighted by Crippen LogP contribution is -2.24. The van der Waals surface area contributed by atoms with Gasteiger partial charge in [0.05, 0.1) is 0 Å². The molecule has 0 radical (unpaired) electrons. The van der Waals surface area contributed by atoms with Crippen LogP contribution in [-0.2, 0) is 0 Å². The van der Waals surface area contributed by atoms with Crippen molar-refractivity contribution in [1.29, 1.82) is 0 Å². The number of aliphatic hydroxyl groups excluding tert-OH is 1. The molecule has 1 saturated heterocycles. The Morgan fingerprint density at radius 3 is 2.43 bits per heavy atom.